The molecule has 2 aliphatic rings. The summed E-state index contributed by atoms with van der Waals surface area (Å²) in [6.45, 7) is 8.79. The molecule has 6 nitrogen and oxygen atoms in total. The van der Waals surface area contributed by atoms with Gasteiger partial charge in [0.05, 0.1) is 11.0 Å². The van der Waals surface area contributed by atoms with Gasteiger partial charge in [0.2, 0.25) is 0 Å². The molecule has 4 heterocycles. The van der Waals surface area contributed by atoms with Crippen molar-refractivity contribution in [2.75, 3.05) is 36.0 Å². The average Bonchev–Trinajstić information content (AvgIpc) is 3.18. The Labute approximate surface area is 179 Å². The van der Waals surface area contributed by atoms with Crippen LogP contribution in [0.3, 0.4) is 0 Å². The van der Waals surface area contributed by atoms with Crippen LogP contribution in [0.15, 0.2) is 36.7 Å². The van der Waals surface area contributed by atoms with Gasteiger partial charge >= 0.3 is 0 Å². The van der Waals surface area contributed by atoms with Crippen LogP contribution in [0.4, 0.5) is 11.6 Å². The predicted molar refractivity (Wildman–Crippen MR) is 122 cm³/mol. The predicted octanol–water partition coefficient (Wildman–Crippen LogP) is 4.47. The van der Waals surface area contributed by atoms with Crippen molar-refractivity contribution in [2.24, 2.45) is 5.92 Å². The molecule has 0 N–H and O–H groups in total. The van der Waals surface area contributed by atoms with Gasteiger partial charge in [-0.3, -0.25) is 0 Å². The summed E-state index contributed by atoms with van der Waals surface area (Å²) in [5.74, 6) is 4.11. The van der Waals surface area contributed by atoms with Gasteiger partial charge in [-0.1, -0.05) is 26.0 Å². The maximum Gasteiger partial charge on any atom is 0.134 e. The molecule has 1 aromatic carbocycles. The van der Waals surface area contributed by atoms with Gasteiger partial charge in [-0.2, -0.15) is 0 Å². The Bertz CT molecular complexity index is 1000. The van der Waals surface area contributed by atoms with Gasteiger partial charge in [-0.05, 0) is 43.7 Å². The highest BCUT2D eigenvalue weighted by atomic mass is 15.2. The van der Waals surface area contributed by atoms with Gasteiger partial charge in [0, 0.05) is 44.7 Å². The zero-order chi connectivity index (χ0) is 20.5. The molecule has 30 heavy (non-hydrogen) atoms. The van der Waals surface area contributed by atoms with Crippen LogP contribution in [0, 0.1) is 5.92 Å². The van der Waals surface area contributed by atoms with Crippen LogP contribution in [0.25, 0.3) is 11.0 Å². The van der Waals surface area contributed by atoms with E-state index in [2.05, 4.69) is 68.5 Å². The fraction of sp³-hybridized carbons (Fsp3) is 0.542. The molecule has 0 radical (unpaired) electrons. The highest BCUT2D eigenvalue weighted by Gasteiger charge is 2.25. The molecule has 0 bridgehead atoms. The summed E-state index contributed by atoms with van der Waals surface area (Å²) in [7, 11) is 0. The Morgan fingerprint density at radius 2 is 1.73 bits per heavy atom. The van der Waals surface area contributed by atoms with Gasteiger partial charge < -0.3 is 14.4 Å². The van der Waals surface area contributed by atoms with Crippen LogP contribution in [0.2, 0.25) is 0 Å². The molecule has 3 aromatic rings. The first-order valence-corrected chi connectivity index (χ1v) is 11.5. The molecule has 158 valence electrons. The van der Waals surface area contributed by atoms with Crippen molar-refractivity contribution in [3.05, 3.63) is 42.5 Å². The van der Waals surface area contributed by atoms with Gasteiger partial charge in [0.1, 0.15) is 23.8 Å². The van der Waals surface area contributed by atoms with E-state index < -0.39 is 0 Å². The van der Waals surface area contributed by atoms with E-state index in [0.717, 1.165) is 68.5 Å². The summed E-state index contributed by atoms with van der Waals surface area (Å²) >= 11 is 0. The number of hydrogen-bond donors (Lipinski definition) is 0. The summed E-state index contributed by atoms with van der Waals surface area (Å²) < 4.78 is 2.49. The lowest BCUT2D eigenvalue weighted by atomic mass is 10.0. The van der Waals surface area contributed by atoms with E-state index in [1.165, 1.54) is 24.2 Å². The molecule has 5 rings (SSSR count). The smallest absolute Gasteiger partial charge is 0.134 e. The number of imidazole rings is 1. The average molecular weight is 405 g/mol. The molecular formula is C24H32N6. The van der Waals surface area contributed by atoms with Crippen molar-refractivity contribution in [1.29, 1.82) is 0 Å². The second-order valence-electron chi connectivity index (χ2n) is 8.89. The van der Waals surface area contributed by atoms with E-state index >= 15 is 0 Å². The van der Waals surface area contributed by atoms with Crippen molar-refractivity contribution >= 4 is 22.7 Å². The molecule has 1 unspecified atom stereocenters. The second kappa shape index (κ2) is 8.25. The molecule has 2 aliphatic heterocycles. The highest BCUT2D eigenvalue weighted by molar-refractivity contribution is 5.76. The van der Waals surface area contributed by atoms with Crippen LogP contribution in [-0.4, -0.2) is 45.7 Å². The van der Waals surface area contributed by atoms with Crippen LogP contribution >= 0.6 is 0 Å². The standard InChI is InChI=1S/C24H32N6/c1-3-22-27-20-8-4-5-9-21(20)30(22)19-10-13-28(14-11-19)23-15-24(26-17-25-23)29-12-6-7-18(2)16-29/h4-5,8-9,15,17-19H,3,6-7,10-14,16H2,1-2H3. The maximum absolute atomic E-state index is 4.88. The first kappa shape index (κ1) is 19.3. The first-order chi connectivity index (χ1) is 14.7. The lowest BCUT2D eigenvalue weighted by Gasteiger charge is -2.35. The van der Waals surface area contributed by atoms with E-state index in [1.54, 1.807) is 6.33 Å². The molecule has 0 spiro atoms. The fourth-order valence-corrected chi connectivity index (χ4v) is 5.18. The maximum atomic E-state index is 4.88. The quantitative estimate of drug-likeness (QED) is 0.642. The number of fused-ring (bicyclic) bond motifs is 1. The van der Waals surface area contributed by atoms with Crippen molar-refractivity contribution in [3.63, 3.8) is 0 Å². The molecule has 0 aliphatic carbocycles. The first-order valence-electron chi connectivity index (χ1n) is 11.5. The van der Waals surface area contributed by atoms with Crippen LogP contribution < -0.4 is 9.80 Å². The van der Waals surface area contributed by atoms with Crippen LogP contribution in [0.1, 0.15) is 51.4 Å². The normalized spacial score (nSPS) is 20.8. The Morgan fingerprint density at radius 1 is 0.967 bits per heavy atom. The van der Waals surface area contributed by atoms with E-state index in [9.17, 15) is 0 Å². The lowest BCUT2D eigenvalue weighted by Crippen LogP contribution is -2.37. The minimum absolute atomic E-state index is 0.507. The van der Waals surface area contributed by atoms with Crippen molar-refractivity contribution in [2.45, 2.75) is 52.0 Å². The van der Waals surface area contributed by atoms with Gasteiger partial charge in [0.15, 0.2) is 0 Å². The number of benzene rings is 1. The van der Waals surface area contributed by atoms with Gasteiger partial charge in [-0.25, -0.2) is 15.0 Å². The van der Waals surface area contributed by atoms with E-state index in [0.29, 0.717) is 6.04 Å². The lowest BCUT2D eigenvalue weighted by molar-refractivity contribution is 0.394. The molecular weight excluding hydrogens is 372 g/mol. The van der Waals surface area contributed by atoms with Gasteiger partial charge in [-0.15, -0.1) is 0 Å². The second-order valence-corrected chi connectivity index (χ2v) is 8.89. The summed E-state index contributed by atoms with van der Waals surface area (Å²) in [6, 6.07) is 11.3. The molecule has 2 saturated heterocycles. The number of anilines is 2. The molecule has 0 amide bonds. The number of rotatable bonds is 4. The molecule has 2 aromatic heterocycles. The largest absolute Gasteiger partial charge is 0.356 e. The molecule has 1 atom stereocenters. The number of aryl methyl sites for hydroxylation is 1. The SMILES string of the molecule is CCc1nc2ccccc2n1C1CCN(c2cc(N3CCCC(C)C3)ncn2)CC1. The Hall–Kier alpha value is -2.63. The fourth-order valence-electron chi connectivity index (χ4n) is 5.18. The number of piperidine rings is 2. The van der Waals surface area contributed by atoms with Crippen molar-refractivity contribution in [1.82, 2.24) is 19.5 Å². The van der Waals surface area contributed by atoms with E-state index in [1.807, 2.05) is 0 Å². The minimum Gasteiger partial charge on any atom is -0.356 e. The third-order valence-corrected chi connectivity index (χ3v) is 6.76. The topological polar surface area (TPSA) is 50.1 Å². The monoisotopic (exact) mass is 404 g/mol. The van der Waals surface area contributed by atoms with Crippen LogP contribution in [-0.2, 0) is 6.42 Å². The highest BCUT2D eigenvalue weighted by Crippen LogP contribution is 2.31. The summed E-state index contributed by atoms with van der Waals surface area (Å²) in [5.41, 5.74) is 2.39. The Morgan fingerprint density at radius 3 is 2.50 bits per heavy atom. The van der Waals surface area contributed by atoms with E-state index in [-0.39, 0.29) is 0 Å². The number of aromatic nitrogens is 4. The number of hydrogen-bond acceptors (Lipinski definition) is 5. The number of nitrogens with zero attached hydrogens (tertiary/aromatic N) is 6. The molecule has 0 saturated carbocycles. The van der Waals surface area contributed by atoms with Gasteiger partial charge in [0.25, 0.3) is 0 Å². The summed E-state index contributed by atoms with van der Waals surface area (Å²) in [6.07, 6.45) is 7.53. The number of para-hydroxylation sites is 2. The minimum atomic E-state index is 0.507. The van der Waals surface area contributed by atoms with E-state index in [4.69, 9.17) is 4.98 Å². The Balaban J connectivity index is 1.32. The zero-order valence-electron chi connectivity index (χ0n) is 18.2. The Kier molecular flexibility index (Phi) is 5.32. The molecule has 2 fully saturated rings. The molecule has 6 heteroatoms. The zero-order valence-corrected chi connectivity index (χ0v) is 18.2. The van der Waals surface area contributed by atoms with Crippen LogP contribution in [0.5, 0.6) is 0 Å². The van der Waals surface area contributed by atoms with Crippen molar-refractivity contribution in [3.8, 4) is 0 Å². The summed E-state index contributed by atoms with van der Waals surface area (Å²) in [4.78, 5) is 18.9. The summed E-state index contributed by atoms with van der Waals surface area (Å²) in [5, 5.41) is 0. The third-order valence-electron chi connectivity index (χ3n) is 6.76. The third kappa shape index (κ3) is 3.64. The van der Waals surface area contributed by atoms with Crippen molar-refractivity contribution < 1.29 is 0 Å².